The minimum Gasteiger partial charge on any atom is -0.506 e. The fourth-order valence-corrected chi connectivity index (χ4v) is 4.21. The average Bonchev–Trinajstić information content (AvgIpc) is 2.78. The average molecular weight is 342 g/mol. The summed E-state index contributed by atoms with van der Waals surface area (Å²) in [6.07, 6.45) is 2.44. The first kappa shape index (κ1) is 14.9. The van der Waals surface area contributed by atoms with Crippen LogP contribution in [0.15, 0.2) is 34.1 Å². The SMILES string of the molecule is Cn1ccc2cc3c(cc21)SCCc1c-3[nH]c(=O)c(C(=O)O)c1O. The molecule has 3 N–H and O–H groups in total. The van der Waals surface area contributed by atoms with Gasteiger partial charge in [-0.05, 0) is 24.6 Å². The summed E-state index contributed by atoms with van der Waals surface area (Å²) in [4.78, 5) is 27.1. The lowest BCUT2D eigenvalue weighted by Crippen LogP contribution is -2.20. The Bertz CT molecular complexity index is 1060. The van der Waals surface area contributed by atoms with Crippen LogP contribution in [0.3, 0.4) is 0 Å². The number of nitrogens with zero attached hydrogens (tertiary/aromatic N) is 1. The van der Waals surface area contributed by atoms with Crippen LogP contribution in [0.25, 0.3) is 22.2 Å². The van der Waals surface area contributed by atoms with Gasteiger partial charge in [0.25, 0.3) is 5.56 Å². The van der Waals surface area contributed by atoms with Gasteiger partial charge >= 0.3 is 5.97 Å². The van der Waals surface area contributed by atoms with E-state index in [1.807, 2.05) is 29.9 Å². The van der Waals surface area contributed by atoms with E-state index in [-0.39, 0.29) is 0 Å². The van der Waals surface area contributed by atoms with Crippen molar-refractivity contribution in [1.82, 2.24) is 9.55 Å². The predicted molar refractivity (Wildman–Crippen MR) is 92.0 cm³/mol. The number of carboxylic acids is 1. The van der Waals surface area contributed by atoms with Crippen molar-refractivity contribution < 1.29 is 15.0 Å². The van der Waals surface area contributed by atoms with Crippen molar-refractivity contribution in [2.45, 2.75) is 11.3 Å². The van der Waals surface area contributed by atoms with E-state index in [2.05, 4.69) is 11.1 Å². The van der Waals surface area contributed by atoms with E-state index >= 15 is 0 Å². The molecule has 0 amide bonds. The molecule has 1 aliphatic heterocycles. The number of aromatic carboxylic acids is 1. The summed E-state index contributed by atoms with van der Waals surface area (Å²) in [5.74, 6) is -1.16. The Hall–Kier alpha value is -2.67. The summed E-state index contributed by atoms with van der Waals surface area (Å²) in [7, 11) is 1.97. The van der Waals surface area contributed by atoms with Crippen LogP contribution in [0, 0.1) is 0 Å². The number of nitrogens with one attached hydrogen (secondary N) is 1. The molecule has 3 heterocycles. The van der Waals surface area contributed by atoms with Gasteiger partial charge in [-0.3, -0.25) is 4.79 Å². The van der Waals surface area contributed by atoms with E-state index in [1.54, 1.807) is 11.8 Å². The van der Waals surface area contributed by atoms with E-state index in [0.29, 0.717) is 23.4 Å². The Morgan fingerprint density at radius 1 is 1.38 bits per heavy atom. The number of thioether (sulfide) groups is 1. The third-order valence-corrected chi connectivity index (χ3v) is 5.43. The molecule has 0 atom stereocenters. The van der Waals surface area contributed by atoms with Crippen LogP contribution in [0.5, 0.6) is 5.75 Å². The summed E-state index contributed by atoms with van der Waals surface area (Å²) >= 11 is 1.63. The fraction of sp³-hybridized carbons (Fsp3) is 0.176. The maximum atomic E-state index is 12.1. The fourth-order valence-electron chi connectivity index (χ4n) is 3.18. The van der Waals surface area contributed by atoms with Crippen molar-refractivity contribution in [2.24, 2.45) is 7.05 Å². The van der Waals surface area contributed by atoms with E-state index < -0.39 is 22.8 Å². The van der Waals surface area contributed by atoms with Crippen molar-refractivity contribution in [3.05, 3.63) is 45.9 Å². The molecule has 1 aliphatic rings. The normalized spacial score (nSPS) is 13.4. The monoisotopic (exact) mass is 342 g/mol. The van der Waals surface area contributed by atoms with Crippen LogP contribution in [0.1, 0.15) is 15.9 Å². The first-order valence-corrected chi connectivity index (χ1v) is 8.39. The first-order valence-electron chi connectivity index (χ1n) is 7.41. The number of hydrogen-bond donors (Lipinski definition) is 3. The molecule has 2 aromatic heterocycles. The molecule has 7 heteroatoms. The maximum absolute atomic E-state index is 12.1. The number of aromatic nitrogens is 2. The highest BCUT2D eigenvalue weighted by Gasteiger charge is 2.26. The number of H-pyrrole nitrogens is 1. The number of carboxylic acid groups (broad SMARTS) is 1. The number of carbonyl (C=O) groups is 1. The lowest BCUT2D eigenvalue weighted by molar-refractivity contribution is 0.0691. The molecule has 0 spiro atoms. The first-order chi connectivity index (χ1) is 11.5. The number of rotatable bonds is 1. The minimum atomic E-state index is -1.42. The van der Waals surface area contributed by atoms with Gasteiger partial charge in [0.15, 0.2) is 5.56 Å². The van der Waals surface area contributed by atoms with Gasteiger partial charge in [-0.25, -0.2) is 4.79 Å². The number of fused-ring (bicyclic) bond motifs is 4. The number of hydrogen-bond acceptors (Lipinski definition) is 4. The summed E-state index contributed by atoms with van der Waals surface area (Å²) in [5, 5.41) is 20.5. The van der Waals surface area contributed by atoms with Crippen molar-refractivity contribution in [1.29, 1.82) is 0 Å². The van der Waals surface area contributed by atoms with Gasteiger partial charge < -0.3 is 19.8 Å². The summed E-state index contributed by atoms with van der Waals surface area (Å²) < 4.78 is 2.02. The second kappa shape index (κ2) is 5.17. The Morgan fingerprint density at radius 3 is 2.92 bits per heavy atom. The molecule has 0 saturated carbocycles. The molecule has 1 aromatic carbocycles. The number of benzene rings is 1. The van der Waals surface area contributed by atoms with Gasteiger partial charge in [0.2, 0.25) is 0 Å². The molecule has 0 saturated heterocycles. The van der Waals surface area contributed by atoms with Crippen molar-refractivity contribution in [3.8, 4) is 17.0 Å². The molecule has 0 aliphatic carbocycles. The second-order valence-electron chi connectivity index (χ2n) is 5.77. The summed E-state index contributed by atoms with van der Waals surface area (Å²) in [6.45, 7) is 0. The molecule has 0 fully saturated rings. The van der Waals surface area contributed by atoms with Gasteiger partial charge in [0.1, 0.15) is 5.75 Å². The minimum absolute atomic E-state index is 0.428. The van der Waals surface area contributed by atoms with Gasteiger partial charge in [-0.15, -0.1) is 11.8 Å². The highest BCUT2D eigenvalue weighted by molar-refractivity contribution is 7.99. The van der Waals surface area contributed by atoms with Crippen molar-refractivity contribution >= 4 is 28.6 Å². The zero-order chi connectivity index (χ0) is 17.0. The van der Waals surface area contributed by atoms with Crippen LogP contribution >= 0.6 is 11.8 Å². The maximum Gasteiger partial charge on any atom is 0.345 e. The van der Waals surface area contributed by atoms with Crippen LogP contribution < -0.4 is 5.56 Å². The number of aromatic hydroxyl groups is 1. The van der Waals surface area contributed by atoms with Crippen LogP contribution in [0.4, 0.5) is 0 Å². The molecule has 24 heavy (non-hydrogen) atoms. The van der Waals surface area contributed by atoms with E-state index in [0.717, 1.165) is 21.4 Å². The lowest BCUT2D eigenvalue weighted by Gasteiger charge is -2.12. The predicted octanol–water partition coefficient (Wildman–Crippen LogP) is 2.59. The number of pyridine rings is 1. The summed E-state index contributed by atoms with van der Waals surface area (Å²) in [6, 6.07) is 6.01. The Balaban J connectivity index is 2.07. The third kappa shape index (κ3) is 2.05. The topological polar surface area (TPSA) is 95.3 Å². The van der Waals surface area contributed by atoms with E-state index in [4.69, 9.17) is 5.11 Å². The smallest absolute Gasteiger partial charge is 0.345 e. The molecule has 3 aromatic rings. The Kier molecular flexibility index (Phi) is 3.21. The van der Waals surface area contributed by atoms with Gasteiger partial charge in [-0.2, -0.15) is 0 Å². The van der Waals surface area contributed by atoms with Gasteiger partial charge in [0, 0.05) is 45.9 Å². The molecular weight excluding hydrogens is 328 g/mol. The third-order valence-electron chi connectivity index (χ3n) is 4.37. The van der Waals surface area contributed by atoms with E-state index in [1.165, 1.54) is 0 Å². The molecular formula is C17H14N2O4S. The molecule has 0 bridgehead atoms. The van der Waals surface area contributed by atoms with Gasteiger partial charge in [0.05, 0.1) is 5.69 Å². The lowest BCUT2D eigenvalue weighted by atomic mass is 9.99. The van der Waals surface area contributed by atoms with Crippen LogP contribution in [-0.2, 0) is 13.5 Å². The standard InChI is InChI=1S/C17H14N2O4S/c1-19-4-2-8-6-10-12(7-11(8)19)24-5-3-9-14(10)18-16(21)13(15(9)20)17(22)23/h2,4,6-7H,3,5H2,1H3,(H,22,23)(H2,18,20,21). The number of aryl methyl sites for hydroxylation is 1. The highest BCUT2D eigenvalue weighted by atomic mass is 32.2. The van der Waals surface area contributed by atoms with E-state index in [9.17, 15) is 14.7 Å². The molecule has 6 nitrogen and oxygen atoms in total. The molecule has 122 valence electrons. The largest absolute Gasteiger partial charge is 0.506 e. The van der Waals surface area contributed by atoms with Crippen LogP contribution in [-0.4, -0.2) is 31.5 Å². The molecule has 0 unspecified atom stereocenters. The zero-order valence-electron chi connectivity index (χ0n) is 12.8. The Labute approximate surface area is 140 Å². The Morgan fingerprint density at radius 2 is 2.17 bits per heavy atom. The van der Waals surface area contributed by atoms with Gasteiger partial charge in [-0.1, -0.05) is 0 Å². The highest BCUT2D eigenvalue weighted by Crippen LogP contribution is 2.41. The molecule has 0 radical (unpaired) electrons. The molecule has 4 rings (SSSR count). The quantitative estimate of drug-likeness (QED) is 0.632. The van der Waals surface area contributed by atoms with Crippen molar-refractivity contribution in [2.75, 3.05) is 5.75 Å². The zero-order valence-corrected chi connectivity index (χ0v) is 13.6. The summed E-state index contributed by atoms with van der Waals surface area (Å²) in [5.41, 5.74) is 1.50. The second-order valence-corrected chi connectivity index (χ2v) is 6.91. The van der Waals surface area contributed by atoms with Crippen molar-refractivity contribution in [3.63, 3.8) is 0 Å². The van der Waals surface area contributed by atoms with Crippen LogP contribution in [0.2, 0.25) is 0 Å². The number of aromatic amines is 1.